The van der Waals surface area contributed by atoms with Crippen LogP contribution < -0.4 is 5.32 Å². The summed E-state index contributed by atoms with van der Waals surface area (Å²) in [5.41, 5.74) is 4.28. The number of esters is 1. The van der Waals surface area contributed by atoms with Gasteiger partial charge in [0.05, 0.1) is 12.7 Å². The summed E-state index contributed by atoms with van der Waals surface area (Å²) >= 11 is 0. The number of ether oxygens (including phenoxy) is 1. The van der Waals surface area contributed by atoms with Gasteiger partial charge in [0.25, 0.3) is 0 Å². The van der Waals surface area contributed by atoms with Crippen molar-refractivity contribution in [2.45, 2.75) is 25.3 Å². The molecule has 0 saturated heterocycles. The predicted octanol–water partition coefficient (Wildman–Crippen LogP) is 3.96. The van der Waals surface area contributed by atoms with E-state index < -0.39 is 0 Å². The molecule has 0 atom stereocenters. The second-order valence-corrected chi connectivity index (χ2v) is 5.44. The predicted molar refractivity (Wildman–Crippen MR) is 83.5 cm³/mol. The molecular weight excluding hydrogens is 262 g/mol. The number of benzene rings is 2. The van der Waals surface area contributed by atoms with Crippen molar-refractivity contribution in [2.24, 2.45) is 0 Å². The number of hydrogen-bond acceptors (Lipinski definition) is 3. The second-order valence-electron chi connectivity index (χ2n) is 5.44. The van der Waals surface area contributed by atoms with Crippen molar-refractivity contribution in [3.8, 4) is 0 Å². The lowest BCUT2D eigenvalue weighted by atomic mass is 10.1. The topological polar surface area (TPSA) is 38.3 Å². The Morgan fingerprint density at radius 3 is 2.33 bits per heavy atom. The number of anilines is 1. The largest absolute Gasteiger partial charge is 0.465 e. The summed E-state index contributed by atoms with van der Waals surface area (Å²) in [6, 6.07) is 16.2. The Hall–Kier alpha value is -2.29. The molecule has 0 bridgehead atoms. The molecule has 0 radical (unpaired) electrons. The van der Waals surface area contributed by atoms with E-state index in [0.29, 0.717) is 5.56 Å². The SMILES string of the molecule is COC(=O)c1ccc(NCc2ccc(C3CC3)cc2)cc1. The van der Waals surface area contributed by atoms with Crippen LogP contribution in [0.25, 0.3) is 0 Å². The van der Waals surface area contributed by atoms with E-state index in [-0.39, 0.29) is 5.97 Å². The van der Waals surface area contributed by atoms with Crippen LogP contribution in [0.4, 0.5) is 5.69 Å². The van der Waals surface area contributed by atoms with E-state index >= 15 is 0 Å². The van der Waals surface area contributed by atoms with Crippen molar-refractivity contribution in [3.05, 3.63) is 65.2 Å². The van der Waals surface area contributed by atoms with Crippen LogP contribution in [-0.4, -0.2) is 13.1 Å². The van der Waals surface area contributed by atoms with Gasteiger partial charge in [-0.2, -0.15) is 0 Å². The average Bonchev–Trinajstić information content (AvgIpc) is 3.38. The van der Waals surface area contributed by atoms with Gasteiger partial charge in [-0.1, -0.05) is 24.3 Å². The van der Waals surface area contributed by atoms with Crippen molar-refractivity contribution in [1.29, 1.82) is 0 Å². The molecule has 1 aliphatic carbocycles. The van der Waals surface area contributed by atoms with E-state index in [4.69, 9.17) is 0 Å². The number of carbonyl (C=O) groups excluding carboxylic acids is 1. The number of methoxy groups -OCH3 is 1. The van der Waals surface area contributed by atoms with E-state index in [1.807, 2.05) is 12.1 Å². The van der Waals surface area contributed by atoms with Gasteiger partial charge in [0.15, 0.2) is 0 Å². The molecule has 0 amide bonds. The zero-order valence-electron chi connectivity index (χ0n) is 12.1. The molecule has 0 aromatic heterocycles. The summed E-state index contributed by atoms with van der Waals surface area (Å²) in [4.78, 5) is 11.4. The van der Waals surface area contributed by atoms with Crippen LogP contribution in [-0.2, 0) is 11.3 Å². The van der Waals surface area contributed by atoms with Crippen molar-refractivity contribution >= 4 is 11.7 Å². The van der Waals surface area contributed by atoms with E-state index in [2.05, 4.69) is 34.3 Å². The quantitative estimate of drug-likeness (QED) is 0.843. The van der Waals surface area contributed by atoms with Gasteiger partial charge in [-0.25, -0.2) is 4.79 Å². The Kier molecular flexibility index (Phi) is 3.91. The molecule has 21 heavy (non-hydrogen) atoms. The van der Waals surface area contributed by atoms with Crippen LogP contribution in [0.15, 0.2) is 48.5 Å². The summed E-state index contributed by atoms with van der Waals surface area (Å²) in [7, 11) is 1.39. The Morgan fingerprint density at radius 1 is 1.10 bits per heavy atom. The molecule has 3 heteroatoms. The van der Waals surface area contributed by atoms with Gasteiger partial charge in [-0.3, -0.25) is 0 Å². The lowest BCUT2D eigenvalue weighted by Gasteiger charge is -2.08. The molecule has 0 heterocycles. The standard InChI is InChI=1S/C18H19NO2/c1-21-18(20)16-8-10-17(11-9-16)19-12-13-2-4-14(5-3-13)15-6-7-15/h2-5,8-11,15,19H,6-7,12H2,1H3. The summed E-state index contributed by atoms with van der Waals surface area (Å²) in [6.07, 6.45) is 2.67. The van der Waals surface area contributed by atoms with Gasteiger partial charge in [-0.05, 0) is 54.2 Å². The second kappa shape index (κ2) is 6.00. The monoisotopic (exact) mass is 281 g/mol. The first kappa shape index (κ1) is 13.7. The van der Waals surface area contributed by atoms with Crippen molar-refractivity contribution in [3.63, 3.8) is 0 Å². The molecule has 3 rings (SSSR count). The molecule has 0 aliphatic heterocycles. The van der Waals surface area contributed by atoms with E-state index in [1.54, 1.807) is 12.1 Å². The lowest BCUT2D eigenvalue weighted by Crippen LogP contribution is -2.02. The minimum absolute atomic E-state index is 0.308. The Balaban J connectivity index is 1.57. The van der Waals surface area contributed by atoms with E-state index in [0.717, 1.165) is 18.2 Å². The van der Waals surface area contributed by atoms with Gasteiger partial charge >= 0.3 is 5.97 Å². The molecule has 0 unspecified atom stereocenters. The summed E-state index contributed by atoms with van der Waals surface area (Å²) in [5, 5.41) is 3.36. The van der Waals surface area contributed by atoms with Crippen LogP contribution in [0.5, 0.6) is 0 Å². The fraction of sp³-hybridized carbons (Fsp3) is 0.278. The first-order valence-electron chi connectivity index (χ1n) is 7.27. The molecule has 2 aromatic rings. The van der Waals surface area contributed by atoms with Gasteiger partial charge < -0.3 is 10.1 Å². The van der Waals surface area contributed by atoms with Gasteiger partial charge in [0, 0.05) is 12.2 Å². The summed E-state index contributed by atoms with van der Waals surface area (Å²) in [5.74, 6) is 0.495. The van der Waals surface area contributed by atoms with Gasteiger partial charge in [0.1, 0.15) is 0 Å². The van der Waals surface area contributed by atoms with Crippen LogP contribution in [0, 0.1) is 0 Å². The minimum atomic E-state index is -0.308. The molecule has 1 N–H and O–H groups in total. The highest BCUT2D eigenvalue weighted by Gasteiger charge is 2.22. The van der Waals surface area contributed by atoms with Crippen LogP contribution in [0.2, 0.25) is 0 Å². The number of carbonyl (C=O) groups is 1. The van der Waals surface area contributed by atoms with Gasteiger partial charge in [0.2, 0.25) is 0 Å². The third-order valence-electron chi connectivity index (χ3n) is 3.83. The molecule has 108 valence electrons. The molecular formula is C18H19NO2. The molecule has 3 nitrogen and oxygen atoms in total. The van der Waals surface area contributed by atoms with Crippen LogP contribution in [0.1, 0.15) is 40.2 Å². The molecule has 1 aliphatic rings. The maximum Gasteiger partial charge on any atom is 0.337 e. The zero-order valence-corrected chi connectivity index (χ0v) is 12.1. The molecule has 0 spiro atoms. The zero-order chi connectivity index (χ0) is 14.7. The lowest BCUT2D eigenvalue weighted by molar-refractivity contribution is 0.0601. The molecule has 1 fully saturated rings. The van der Waals surface area contributed by atoms with Crippen molar-refractivity contribution < 1.29 is 9.53 Å². The fourth-order valence-corrected chi connectivity index (χ4v) is 2.37. The minimum Gasteiger partial charge on any atom is -0.465 e. The molecule has 2 aromatic carbocycles. The first-order valence-corrected chi connectivity index (χ1v) is 7.27. The van der Waals surface area contributed by atoms with Crippen LogP contribution >= 0.6 is 0 Å². The summed E-state index contributed by atoms with van der Waals surface area (Å²) in [6.45, 7) is 0.780. The highest BCUT2D eigenvalue weighted by Crippen LogP contribution is 2.39. The van der Waals surface area contributed by atoms with Gasteiger partial charge in [-0.15, -0.1) is 0 Å². The Labute approximate surface area is 124 Å². The maximum absolute atomic E-state index is 11.4. The number of rotatable bonds is 5. The fourth-order valence-electron chi connectivity index (χ4n) is 2.37. The van der Waals surface area contributed by atoms with Crippen molar-refractivity contribution in [2.75, 3.05) is 12.4 Å². The van der Waals surface area contributed by atoms with Crippen molar-refractivity contribution in [1.82, 2.24) is 0 Å². The average molecular weight is 281 g/mol. The number of hydrogen-bond donors (Lipinski definition) is 1. The first-order chi connectivity index (χ1) is 10.3. The van der Waals surface area contributed by atoms with Crippen LogP contribution in [0.3, 0.4) is 0 Å². The van der Waals surface area contributed by atoms with E-state index in [1.165, 1.54) is 31.1 Å². The number of nitrogens with one attached hydrogen (secondary N) is 1. The Bertz CT molecular complexity index is 613. The third kappa shape index (κ3) is 3.43. The maximum atomic E-state index is 11.4. The smallest absolute Gasteiger partial charge is 0.337 e. The van der Waals surface area contributed by atoms with E-state index in [9.17, 15) is 4.79 Å². The molecule has 1 saturated carbocycles. The highest BCUT2D eigenvalue weighted by atomic mass is 16.5. The third-order valence-corrected chi connectivity index (χ3v) is 3.83. The Morgan fingerprint density at radius 2 is 1.76 bits per heavy atom. The normalized spacial score (nSPS) is 13.8. The summed E-state index contributed by atoms with van der Waals surface area (Å²) < 4.78 is 4.68. The highest BCUT2D eigenvalue weighted by molar-refractivity contribution is 5.89.